The Bertz CT molecular complexity index is 746. The maximum atomic E-state index is 11.6. The van der Waals surface area contributed by atoms with Crippen LogP contribution in [0.1, 0.15) is 44.1 Å². The van der Waals surface area contributed by atoms with E-state index in [4.69, 9.17) is 0 Å². The molecule has 1 saturated heterocycles. The Hall–Kier alpha value is -1.92. The number of anilines is 2. The zero-order chi connectivity index (χ0) is 17.9. The number of sulfonamides is 1. The molecule has 2 heterocycles. The molecule has 1 aromatic rings. The van der Waals surface area contributed by atoms with Crippen LogP contribution in [0.3, 0.4) is 0 Å². The van der Waals surface area contributed by atoms with Crippen LogP contribution < -0.4 is 10.6 Å². The number of hydrogen-bond donors (Lipinski definition) is 2. The lowest BCUT2D eigenvalue weighted by Gasteiger charge is -2.30. The molecule has 0 spiro atoms. The van der Waals surface area contributed by atoms with Crippen molar-refractivity contribution in [3.63, 3.8) is 0 Å². The minimum Gasteiger partial charge on any atom is -0.366 e. The number of hydrogen-bond acceptors (Lipinski definition) is 7. The van der Waals surface area contributed by atoms with Gasteiger partial charge in [0.05, 0.1) is 12.5 Å². The van der Waals surface area contributed by atoms with Gasteiger partial charge >= 0.3 is 0 Å². The Labute approximate surface area is 148 Å². The van der Waals surface area contributed by atoms with Gasteiger partial charge < -0.3 is 10.6 Å². The van der Waals surface area contributed by atoms with Gasteiger partial charge in [-0.3, -0.25) is 0 Å². The van der Waals surface area contributed by atoms with Crippen molar-refractivity contribution in [2.45, 2.75) is 50.6 Å². The fourth-order valence-electron chi connectivity index (χ4n) is 3.42. The van der Waals surface area contributed by atoms with Gasteiger partial charge in [0.25, 0.3) is 0 Å². The molecule has 8 nitrogen and oxygen atoms in total. The zero-order valence-electron chi connectivity index (χ0n) is 14.4. The second-order valence-corrected chi connectivity index (χ2v) is 8.76. The smallest absolute Gasteiger partial charge is 0.224 e. The van der Waals surface area contributed by atoms with Gasteiger partial charge in [0.2, 0.25) is 16.0 Å². The summed E-state index contributed by atoms with van der Waals surface area (Å²) >= 11 is 0. The van der Waals surface area contributed by atoms with E-state index in [-0.39, 0.29) is 6.04 Å². The average Bonchev–Trinajstić information content (AvgIpc) is 3.08. The summed E-state index contributed by atoms with van der Waals surface area (Å²) in [5.74, 6) is 1.07. The van der Waals surface area contributed by atoms with Crippen molar-refractivity contribution < 1.29 is 8.42 Å². The second-order valence-electron chi connectivity index (χ2n) is 6.77. The minimum absolute atomic E-state index is 0.130. The maximum absolute atomic E-state index is 11.6. The number of piperidine rings is 1. The van der Waals surface area contributed by atoms with Gasteiger partial charge in [0.15, 0.2) is 0 Å². The second kappa shape index (κ2) is 7.54. The Kier molecular flexibility index (Phi) is 5.39. The van der Waals surface area contributed by atoms with E-state index >= 15 is 0 Å². The van der Waals surface area contributed by atoms with Gasteiger partial charge in [-0.1, -0.05) is 12.8 Å². The molecule has 9 heteroatoms. The molecule has 0 bridgehead atoms. The quantitative estimate of drug-likeness (QED) is 0.815. The van der Waals surface area contributed by atoms with Crippen molar-refractivity contribution in [1.82, 2.24) is 14.3 Å². The first kappa shape index (κ1) is 17.9. The van der Waals surface area contributed by atoms with Crippen LogP contribution in [0.25, 0.3) is 0 Å². The molecule has 25 heavy (non-hydrogen) atoms. The largest absolute Gasteiger partial charge is 0.366 e. The van der Waals surface area contributed by atoms with E-state index in [0.29, 0.717) is 49.3 Å². The van der Waals surface area contributed by atoms with Crippen molar-refractivity contribution in [1.29, 1.82) is 5.26 Å². The number of aromatic nitrogens is 2. The zero-order valence-corrected chi connectivity index (χ0v) is 15.2. The van der Waals surface area contributed by atoms with Crippen LogP contribution >= 0.6 is 0 Å². The Morgan fingerprint density at radius 3 is 2.40 bits per heavy atom. The lowest BCUT2D eigenvalue weighted by atomic mass is 10.1. The van der Waals surface area contributed by atoms with E-state index in [2.05, 4.69) is 26.7 Å². The highest BCUT2D eigenvalue weighted by Gasteiger charge is 2.25. The summed E-state index contributed by atoms with van der Waals surface area (Å²) in [4.78, 5) is 8.71. The molecule has 1 aliphatic carbocycles. The van der Waals surface area contributed by atoms with Gasteiger partial charge in [0.1, 0.15) is 17.5 Å². The molecule has 1 aliphatic heterocycles. The van der Waals surface area contributed by atoms with Gasteiger partial charge in [-0.15, -0.1) is 0 Å². The molecule has 0 aromatic carbocycles. The van der Waals surface area contributed by atoms with Crippen molar-refractivity contribution in [3.05, 3.63) is 11.8 Å². The molecule has 2 N–H and O–H groups in total. The summed E-state index contributed by atoms with van der Waals surface area (Å²) in [6.45, 7) is 1.000. The Morgan fingerprint density at radius 1 is 1.16 bits per heavy atom. The Balaban J connectivity index is 1.64. The summed E-state index contributed by atoms with van der Waals surface area (Å²) in [6, 6.07) is 2.63. The van der Waals surface area contributed by atoms with E-state index < -0.39 is 10.0 Å². The highest BCUT2D eigenvalue weighted by molar-refractivity contribution is 7.88. The van der Waals surface area contributed by atoms with Crippen LogP contribution in [0.5, 0.6) is 0 Å². The molecular formula is C16H24N6O2S. The van der Waals surface area contributed by atoms with Crippen LogP contribution in [-0.2, 0) is 10.0 Å². The van der Waals surface area contributed by atoms with Crippen molar-refractivity contribution >= 4 is 21.8 Å². The summed E-state index contributed by atoms with van der Waals surface area (Å²) in [6.07, 6.45) is 8.81. The van der Waals surface area contributed by atoms with Gasteiger partial charge in [-0.2, -0.15) is 10.2 Å². The first-order valence-corrected chi connectivity index (χ1v) is 10.6. The molecule has 0 radical (unpaired) electrons. The van der Waals surface area contributed by atoms with Crippen LogP contribution in [0.2, 0.25) is 0 Å². The SMILES string of the molecule is CS(=O)(=O)N1CCC(Nc2ncc(C#N)c(NC3CCCC3)n2)CC1. The first-order chi connectivity index (χ1) is 12.0. The molecule has 2 aliphatic rings. The van der Waals surface area contributed by atoms with Crippen molar-refractivity contribution in [2.75, 3.05) is 30.0 Å². The minimum atomic E-state index is -3.12. The van der Waals surface area contributed by atoms with E-state index in [1.807, 2.05) is 0 Å². The normalized spacial score (nSPS) is 20.3. The number of nitrogens with one attached hydrogen (secondary N) is 2. The third kappa shape index (κ3) is 4.58. The number of nitrogens with zero attached hydrogens (tertiary/aromatic N) is 4. The topological polar surface area (TPSA) is 111 Å². The van der Waals surface area contributed by atoms with Gasteiger partial charge in [-0.05, 0) is 25.7 Å². The highest BCUT2D eigenvalue weighted by atomic mass is 32.2. The van der Waals surface area contributed by atoms with Crippen LogP contribution in [0.15, 0.2) is 6.20 Å². The van der Waals surface area contributed by atoms with Gasteiger partial charge in [-0.25, -0.2) is 17.7 Å². The van der Waals surface area contributed by atoms with Gasteiger partial charge in [0, 0.05) is 25.2 Å². The first-order valence-electron chi connectivity index (χ1n) is 8.71. The lowest BCUT2D eigenvalue weighted by Crippen LogP contribution is -2.42. The summed E-state index contributed by atoms with van der Waals surface area (Å²) in [7, 11) is -3.12. The van der Waals surface area contributed by atoms with E-state index in [1.165, 1.54) is 29.6 Å². The third-order valence-electron chi connectivity index (χ3n) is 4.86. The molecule has 0 unspecified atom stereocenters. The third-order valence-corrected chi connectivity index (χ3v) is 6.16. The van der Waals surface area contributed by atoms with E-state index in [9.17, 15) is 13.7 Å². The number of rotatable bonds is 5. The molecule has 2 fully saturated rings. The van der Waals surface area contributed by atoms with Crippen molar-refractivity contribution in [2.24, 2.45) is 0 Å². The predicted molar refractivity (Wildman–Crippen MR) is 95.7 cm³/mol. The predicted octanol–water partition coefficient (Wildman–Crippen LogP) is 1.54. The van der Waals surface area contributed by atoms with Crippen molar-refractivity contribution in [3.8, 4) is 6.07 Å². The van der Waals surface area contributed by atoms with Crippen LogP contribution in [-0.4, -0.2) is 54.1 Å². The molecule has 1 saturated carbocycles. The standard InChI is InChI=1S/C16H24N6O2S/c1-25(23,24)22-8-6-14(7-9-22)20-16-18-11-12(10-17)15(21-16)19-13-4-2-3-5-13/h11,13-14H,2-9H2,1H3,(H2,18,19,20,21). The highest BCUT2D eigenvalue weighted by Crippen LogP contribution is 2.24. The molecule has 0 atom stereocenters. The monoisotopic (exact) mass is 364 g/mol. The summed E-state index contributed by atoms with van der Waals surface area (Å²) in [5.41, 5.74) is 0.448. The van der Waals surface area contributed by atoms with Crippen LogP contribution in [0, 0.1) is 11.3 Å². The molecule has 3 rings (SSSR count). The lowest BCUT2D eigenvalue weighted by molar-refractivity contribution is 0.331. The van der Waals surface area contributed by atoms with E-state index in [0.717, 1.165) is 12.8 Å². The van der Waals surface area contributed by atoms with E-state index in [1.54, 1.807) is 0 Å². The number of nitriles is 1. The summed E-state index contributed by atoms with van der Waals surface area (Å²) < 4.78 is 24.6. The Morgan fingerprint density at radius 2 is 1.80 bits per heavy atom. The molecule has 136 valence electrons. The molecular weight excluding hydrogens is 340 g/mol. The average molecular weight is 364 g/mol. The fraction of sp³-hybridized carbons (Fsp3) is 0.688. The fourth-order valence-corrected chi connectivity index (χ4v) is 4.30. The molecule has 0 amide bonds. The molecule has 1 aromatic heterocycles. The maximum Gasteiger partial charge on any atom is 0.224 e. The van der Waals surface area contributed by atoms with Crippen LogP contribution in [0.4, 0.5) is 11.8 Å². The summed E-state index contributed by atoms with van der Waals surface area (Å²) in [5, 5.41) is 15.9.